The molecule has 0 spiro atoms. The number of carbonyl (C=O) groups is 3. The molecule has 1 N–H and O–H groups in total. The Morgan fingerprint density at radius 1 is 0.921 bits per heavy atom. The summed E-state index contributed by atoms with van der Waals surface area (Å²) in [7, 11) is 3.15. The van der Waals surface area contributed by atoms with Crippen molar-refractivity contribution in [3.8, 4) is 5.75 Å². The van der Waals surface area contributed by atoms with Crippen LogP contribution in [0.4, 0.5) is 5.69 Å². The van der Waals surface area contributed by atoms with Gasteiger partial charge in [0, 0.05) is 31.0 Å². The molecule has 38 heavy (non-hydrogen) atoms. The van der Waals surface area contributed by atoms with Crippen molar-refractivity contribution in [2.24, 2.45) is 0 Å². The highest BCUT2D eigenvalue weighted by atomic mass is 16.5. The molecule has 4 aromatic carbocycles. The molecule has 4 aromatic rings. The van der Waals surface area contributed by atoms with Crippen LogP contribution >= 0.6 is 0 Å². The summed E-state index contributed by atoms with van der Waals surface area (Å²) in [6, 6.07) is 27.5. The number of nitrogens with zero attached hydrogens (tertiary/aromatic N) is 2. The van der Waals surface area contributed by atoms with Crippen LogP contribution < -0.4 is 15.0 Å². The van der Waals surface area contributed by atoms with E-state index in [0.29, 0.717) is 23.4 Å². The highest BCUT2D eigenvalue weighted by Crippen LogP contribution is 2.37. The second-order valence-electron chi connectivity index (χ2n) is 9.27. The number of ether oxygens (including phenoxy) is 1. The van der Waals surface area contributed by atoms with E-state index in [-0.39, 0.29) is 30.8 Å². The number of rotatable bonds is 9. The van der Waals surface area contributed by atoms with Crippen LogP contribution in [0.3, 0.4) is 0 Å². The van der Waals surface area contributed by atoms with Gasteiger partial charge in [-0.2, -0.15) is 0 Å². The summed E-state index contributed by atoms with van der Waals surface area (Å²) in [6.07, 6.45) is 0.333. The third-order valence-electron chi connectivity index (χ3n) is 6.95. The van der Waals surface area contributed by atoms with Crippen LogP contribution in [0.5, 0.6) is 5.75 Å². The van der Waals surface area contributed by atoms with Crippen LogP contribution in [0.25, 0.3) is 10.8 Å². The first-order valence-electron chi connectivity index (χ1n) is 12.5. The smallest absolute Gasteiger partial charge is 0.259 e. The second-order valence-corrected chi connectivity index (χ2v) is 9.27. The van der Waals surface area contributed by atoms with E-state index in [4.69, 9.17) is 4.74 Å². The molecule has 0 bridgehead atoms. The van der Waals surface area contributed by atoms with Gasteiger partial charge in [0.15, 0.2) is 0 Å². The van der Waals surface area contributed by atoms with Crippen molar-refractivity contribution in [3.63, 3.8) is 0 Å². The van der Waals surface area contributed by atoms with Crippen LogP contribution in [0.2, 0.25) is 0 Å². The maximum Gasteiger partial charge on any atom is 0.259 e. The molecule has 1 heterocycles. The fourth-order valence-electron chi connectivity index (χ4n) is 5.05. The maximum absolute atomic E-state index is 14.0. The van der Waals surface area contributed by atoms with Crippen molar-refractivity contribution in [2.45, 2.75) is 19.0 Å². The summed E-state index contributed by atoms with van der Waals surface area (Å²) in [5.74, 6) is -0.156. The Balaban J connectivity index is 1.50. The third kappa shape index (κ3) is 4.83. The molecule has 5 rings (SSSR count). The number of benzene rings is 4. The molecule has 7 nitrogen and oxygen atoms in total. The number of amides is 3. The minimum Gasteiger partial charge on any atom is -0.497 e. The number of nitrogens with one attached hydrogen (secondary N) is 1. The number of carbonyl (C=O) groups excluding carboxylic acids is 3. The molecule has 0 unspecified atom stereocenters. The van der Waals surface area contributed by atoms with Gasteiger partial charge in [-0.05, 0) is 40.8 Å². The van der Waals surface area contributed by atoms with E-state index < -0.39 is 6.04 Å². The van der Waals surface area contributed by atoms with E-state index in [0.717, 1.165) is 21.9 Å². The summed E-state index contributed by atoms with van der Waals surface area (Å²) >= 11 is 0. The largest absolute Gasteiger partial charge is 0.497 e. The molecule has 0 saturated heterocycles. The molecule has 0 fully saturated rings. The highest BCUT2D eigenvalue weighted by Gasteiger charge is 2.35. The quantitative estimate of drug-likeness (QED) is 0.368. The third-order valence-corrected chi connectivity index (χ3v) is 6.95. The van der Waals surface area contributed by atoms with Gasteiger partial charge in [0.25, 0.3) is 5.91 Å². The molecular weight excluding hydrogens is 478 g/mol. The SMILES string of the molecule is CNC(=O)[C@@H](Cc1ccccc1)N(Cc1cccc(OC)c1)C(=O)CN1C(=O)c2cccc3cccc1c23. The average molecular weight is 508 g/mol. The first-order valence-corrected chi connectivity index (χ1v) is 12.5. The van der Waals surface area contributed by atoms with Gasteiger partial charge in [-0.1, -0.05) is 66.7 Å². The molecule has 0 aliphatic carbocycles. The molecule has 1 aliphatic heterocycles. The van der Waals surface area contributed by atoms with Gasteiger partial charge in [0.2, 0.25) is 11.8 Å². The van der Waals surface area contributed by atoms with Crippen molar-refractivity contribution < 1.29 is 19.1 Å². The molecule has 192 valence electrons. The second kappa shape index (κ2) is 10.8. The number of hydrogen-bond acceptors (Lipinski definition) is 4. The first-order chi connectivity index (χ1) is 18.5. The van der Waals surface area contributed by atoms with Gasteiger partial charge >= 0.3 is 0 Å². The van der Waals surface area contributed by atoms with Crippen LogP contribution in [-0.4, -0.2) is 49.4 Å². The summed E-state index contributed by atoms with van der Waals surface area (Å²) in [4.78, 5) is 43.7. The molecular formula is C31H29N3O4. The molecule has 0 saturated carbocycles. The Labute approximate surface area is 221 Å². The van der Waals surface area contributed by atoms with Crippen molar-refractivity contribution in [1.82, 2.24) is 10.2 Å². The zero-order valence-electron chi connectivity index (χ0n) is 21.4. The van der Waals surface area contributed by atoms with E-state index in [1.807, 2.05) is 84.9 Å². The fourth-order valence-corrected chi connectivity index (χ4v) is 5.05. The lowest BCUT2D eigenvalue weighted by Gasteiger charge is -2.32. The minimum absolute atomic E-state index is 0.181. The lowest BCUT2D eigenvalue weighted by molar-refractivity contribution is -0.140. The number of hydrogen-bond donors (Lipinski definition) is 1. The predicted octanol–water partition coefficient (Wildman–Crippen LogP) is 4.19. The molecule has 0 radical (unpaired) electrons. The molecule has 1 aliphatic rings. The molecule has 1 atom stereocenters. The summed E-state index contributed by atoms with van der Waals surface area (Å²) in [6.45, 7) is -0.000980. The Morgan fingerprint density at radius 2 is 1.63 bits per heavy atom. The van der Waals surface area contributed by atoms with Crippen LogP contribution in [-0.2, 0) is 22.6 Å². The van der Waals surface area contributed by atoms with Gasteiger partial charge in [-0.15, -0.1) is 0 Å². The predicted molar refractivity (Wildman–Crippen MR) is 147 cm³/mol. The van der Waals surface area contributed by atoms with Crippen molar-refractivity contribution >= 4 is 34.2 Å². The Kier molecular flexibility index (Phi) is 7.09. The van der Waals surface area contributed by atoms with Gasteiger partial charge < -0.3 is 15.0 Å². The zero-order valence-corrected chi connectivity index (χ0v) is 21.4. The maximum atomic E-state index is 14.0. The average Bonchev–Trinajstić information content (AvgIpc) is 3.23. The molecule has 3 amide bonds. The van der Waals surface area contributed by atoms with E-state index in [1.165, 1.54) is 4.90 Å². The number of likely N-dealkylation sites (N-methyl/N-ethyl adjacent to an activating group) is 1. The van der Waals surface area contributed by atoms with Crippen LogP contribution in [0, 0.1) is 0 Å². The lowest BCUT2D eigenvalue weighted by atomic mass is 10.0. The fraction of sp³-hybridized carbons (Fsp3) is 0.194. The van der Waals surface area contributed by atoms with Crippen LogP contribution in [0.15, 0.2) is 91.0 Å². The Morgan fingerprint density at radius 3 is 2.37 bits per heavy atom. The van der Waals surface area contributed by atoms with Crippen LogP contribution in [0.1, 0.15) is 21.5 Å². The van der Waals surface area contributed by atoms with Gasteiger partial charge in [0.05, 0.1) is 12.8 Å². The van der Waals surface area contributed by atoms with Crippen molar-refractivity contribution in [1.29, 1.82) is 0 Å². The summed E-state index contributed by atoms with van der Waals surface area (Å²) < 4.78 is 5.38. The Bertz CT molecular complexity index is 1500. The standard InChI is InChI=1S/C31H29N3O4/c1-32-30(36)27(18-21-9-4-3-5-10-21)33(19-22-11-6-14-24(17-22)38-2)28(35)20-34-26-16-8-13-23-12-7-15-25(29(23)26)31(34)37/h3-17,27H,18-20H2,1-2H3,(H,32,36)/t27-/m1/s1. The molecule has 7 heteroatoms. The topological polar surface area (TPSA) is 79.0 Å². The van der Waals surface area contributed by atoms with E-state index >= 15 is 0 Å². The monoisotopic (exact) mass is 507 g/mol. The lowest BCUT2D eigenvalue weighted by Crippen LogP contribution is -2.52. The molecule has 0 aromatic heterocycles. The van der Waals surface area contributed by atoms with E-state index in [1.54, 1.807) is 25.1 Å². The zero-order chi connectivity index (χ0) is 26.6. The Hall–Kier alpha value is -4.65. The summed E-state index contributed by atoms with van der Waals surface area (Å²) in [5, 5.41) is 4.52. The highest BCUT2D eigenvalue weighted by molar-refractivity contribution is 6.26. The van der Waals surface area contributed by atoms with Gasteiger partial charge in [-0.3, -0.25) is 19.3 Å². The minimum atomic E-state index is -0.781. The van der Waals surface area contributed by atoms with Gasteiger partial charge in [-0.25, -0.2) is 0 Å². The first kappa shape index (κ1) is 25.0. The van der Waals surface area contributed by atoms with E-state index in [2.05, 4.69) is 5.32 Å². The summed E-state index contributed by atoms with van der Waals surface area (Å²) in [5.41, 5.74) is 3.03. The van der Waals surface area contributed by atoms with Gasteiger partial charge in [0.1, 0.15) is 18.3 Å². The number of anilines is 1. The number of methoxy groups -OCH3 is 1. The normalized spacial score (nSPS) is 12.9. The van der Waals surface area contributed by atoms with Crippen molar-refractivity contribution in [2.75, 3.05) is 25.6 Å². The van der Waals surface area contributed by atoms with E-state index in [9.17, 15) is 14.4 Å². The van der Waals surface area contributed by atoms with Crippen molar-refractivity contribution in [3.05, 3.63) is 108 Å².